The lowest BCUT2D eigenvalue weighted by Crippen LogP contribution is -2.10. The van der Waals surface area contributed by atoms with Crippen LogP contribution in [0.15, 0.2) is 185 Å². The molecule has 0 unspecified atom stereocenters. The normalized spacial score (nSPS) is 11.8. The van der Waals surface area contributed by atoms with Gasteiger partial charge < -0.3 is 13.7 Å². The number of hydrogen-bond acceptors (Lipinski definition) is 4. The third-order valence-corrected chi connectivity index (χ3v) is 11.4. The van der Waals surface area contributed by atoms with Gasteiger partial charge in [0.2, 0.25) is 0 Å². The Kier molecular flexibility index (Phi) is 6.42. The summed E-state index contributed by atoms with van der Waals surface area (Å²) in [5, 5.41) is 7.07. The summed E-state index contributed by atoms with van der Waals surface area (Å²) in [7, 11) is 0. The molecule has 3 nitrogen and oxygen atoms in total. The third kappa shape index (κ3) is 4.51. The van der Waals surface area contributed by atoms with Crippen molar-refractivity contribution in [1.82, 2.24) is 0 Å². The van der Waals surface area contributed by atoms with Gasteiger partial charge in [-0.2, -0.15) is 0 Å². The van der Waals surface area contributed by atoms with Gasteiger partial charge in [-0.05, 0) is 83.4 Å². The molecule has 0 aliphatic rings. The van der Waals surface area contributed by atoms with E-state index in [1.807, 2.05) is 35.6 Å². The minimum Gasteiger partial charge on any atom is -0.456 e. The number of benzene rings is 8. The lowest BCUT2D eigenvalue weighted by atomic mass is 10.0. The number of para-hydroxylation sites is 3. The molecule has 11 rings (SSSR count). The summed E-state index contributed by atoms with van der Waals surface area (Å²) in [6.45, 7) is 0. The fourth-order valence-electron chi connectivity index (χ4n) is 7.84. The second-order valence-electron chi connectivity index (χ2n) is 13.3. The lowest BCUT2D eigenvalue weighted by Gasteiger charge is -2.26. The summed E-state index contributed by atoms with van der Waals surface area (Å²) in [5.74, 6) is 0. The predicted octanol–water partition coefficient (Wildman–Crippen LogP) is 14.7. The standard InChI is InChI=1S/C48H29NO2S/c1-4-15-42-36(9-1)38-13-7-12-35(48(38)51-42)31-21-26-34(27-22-31)49(41-14-8-17-44-47(41)39-11-2-5-16-43(39)50-44)33-24-19-30(20-25-33)32-23-28-46-40(29-32)37-10-3-6-18-45(37)52-46/h1-29H. The maximum atomic E-state index is 6.40. The van der Waals surface area contributed by atoms with Crippen LogP contribution in [0.25, 0.3) is 86.3 Å². The first kappa shape index (κ1) is 29.1. The fraction of sp³-hybridized carbons (Fsp3) is 0. The predicted molar refractivity (Wildman–Crippen MR) is 219 cm³/mol. The van der Waals surface area contributed by atoms with Gasteiger partial charge in [-0.15, -0.1) is 11.3 Å². The molecular weight excluding hydrogens is 655 g/mol. The number of hydrogen-bond donors (Lipinski definition) is 0. The lowest BCUT2D eigenvalue weighted by molar-refractivity contribution is 0.669. The number of thiophene rings is 1. The smallest absolute Gasteiger partial charge is 0.143 e. The molecule has 0 fully saturated rings. The largest absolute Gasteiger partial charge is 0.456 e. The Hall–Kier alpha value is -6.62. The number of furan rings is 2. The van der Waals surface area contributed by atoms with Crippen molar-refractivity contribution in [1.29, 1.82) is 0 Å². The van der Waals surface area contributed by atoms with E-state index in [1.165, 1.54) is 31.3 Å². The van der Waals surface area contributed by atoms with E-state index < -0.39 is 0 Å². The van der Waals surface area contributed by atoms with E-state index in [0.29, 0.717) is 0 Å². The number of rotatable bonds is 5. The van der Waals surface area contributed by atoms with Crippen LogP contribution in [0.2, 0.25) is 0 Å². The molecule has 0 N–H and O–H groups in total. The Morgan fingerprint density at radius 1 is 0.385 bits per heavy atom. The van der Waals surface area contributed by atoms with Crippen molar-refractivity contribution in [2.24, 2.45) is 0 Å². The van der Waals surface area contributed by atoms with Crippen LogP contribution < -0.4 is 4.90 Å². The minimum absolute atomic E-state index is 0.866. The zero-order chi connectivity index (χ0) is 34.2. The second-order valence-corrected chi connectivity index (χ2v) is 14.4. The van der Waals surface area contributed by atoms with Crippen molar-refractivity contribution < 1.29 is 8.83 Å². The highest BCUT2D eigenvalue weighted by Gasteiger charge is 2.20. The van der Waals surface area contributed by atoms with E-state index in [1.54, 1.807) is 0 Å². The van der Waals surface area contributed by atoms with Gasteiger partial charge in [-0.3, -0.25) is 0 Å². The van der Waals surface area contributed by atoms with Gasteiger partial charge >= 0.3 is 0 Å². The first-order valence-electron chi connectivity index (χ1n) is 17.5. The molecule has 244 valence electrons. The molecule has 0 aliphatic carbocycles. The Bertz CT molecular complexity index is 3130. The van der Waals surface area contributed by atoms with E-state index in [2.05, 4.69) is 157 Å². The Morgan fingerprint density at radius 2 is 0.981 bits per heavy atom. The summed E-state index contributed by atoms with van der Waals surface area (Å²) in [6.07, 6.45) is 0. The van der Waals surface area contributed by atoms with Gasteiger partial charge in [0, 0.05) is 53.3 Å². The topological polar surface area (TPSA) is 29.5 Å². The molecule has 4 heteroatoms. The van der Waals surface area contributed by atoms with E-state index in [4.69, 9.17) is 8.83 Å². The van der Waals surface area contributed by atoms with Crippen molar-refractivity contribution in [3.05, 3.63) is 176 Å². The molecule has 0 amide bonds. The van der Waals surface area contributed by atoms with Gasteiger partial charge in [-0.1, -0.05) is 109 Å². The molecule has 0 aliphatic heterocycles. The van der Waals surface area contributed by atoms with Gasteiger partial charge in [-0.25, -0.2) is 0 Å². The van der Waals surface area contributed by atoms with Crippen LogP contribution in [0.3, 0.4) is 0 Å². The number of anilines is 3. The van der Waals surface area contributed by atoms with Crippen molar-refractivity contribution in [3.8, 4) is 22.3 Å². The highest BCUT2D eigenvalue weighted by atomic mass is 32.1. The molecular formula is C48H29NO2S. The van der Waals surface area contributed by atoms with Crippen LogP contribution in [0.1, 0.15) is 0 Å². The summed E-state index contributed by atoms with van der Waals surface area (Å²) in [6, 6.07) is 62.5. The fourth-order valence-corrected chi connectivity index (χ4v) is 8.93. The zero-order valence-electron chi connectivity index (χ0n) is 27.9. The molecule has 0 radical (unpaired) electrons. The second kappa shape index (κ2) is 11.5. The molecule has 0 bridgehead atoms. The maximum Gasteiger partial charge on any atom is 0.143 e. The molecule has 0 spiro atoms. The number of nitrogens with zero attached hydrogens (tertiary/aromatic N) is 1. The molecule has 3 heterocycles. The van der Waals surface area contributed by atoms with Gasteiger partial charge in [0.25, 0.3) is 0 Å². The SMILES string of the molecule is c1ccc2c(c1)oc1c(-c3ccc(N(c4ccc(-c5ccc6sc7ccccc7c6c5)cc4)c4cccc5oc6ccccc6c45)cc3)cccc12. The molecule has 0 atom stereocenters. The van der Waals surface area contributed by atoms with Gasteiger partial charge in [0.15, 0.2) is 0 Å². The van der Waals surface area contributed by atoms with Crippen LogP contribution in [-0.4, -0.2) is 0 Å². The minimum atomic E-state index is 0.866. The first-order chi connectivity index (χ1) is 25.8. The van der Waals surface area contributed by atoms with Crippen LogP contribution in [0.5, 0.6) is 0 Å². The molecule has 3 aromatic heterocycles. The zero-order valence-corrected chi connectivity index (χ0v) is 28.7. The molecule has 0 saturated heterocycles. The Balaban J connectivity index is 1.05. The van der Waals surface area contributed by atoms with Crippen LogP contribution >= 0.6 is 11.3 Å². The average molecular weight is 684 g/mol. The van der Waals surface area contributed by atoms with Crippen molar-refractivity contribution in [3.63, 3.8) is 0 Å². The van der Waals surface area contributed by atoms with E-state index in [0.717, 1.165) is 72.1 Å². The molecule has 11 aromatic rings. The number of fused-ring (bicyclic) bond motifs is 9. The van der Waals surface area contributed by atoms with Crippen LogP contribution in [0.4, 0.5) is 17.1 Å². The van der Waals surface area contributed by atoms with Crippen LogP contribution in [-0.2, 0) is 0 Å². The van der Waals surface area contributed by atoms with E-state index >= 15 is 0 Å². The Labute approximate surface area is 303 Å². The molecule has 8 aromatic carbocycles. The van der Waals surface area contributed by atoms with Crippen molar-refractivity contribution >= 4 is 92.4 Å². The van der Waals surface area contributed by atoms with E-state index in [9.17, 15) is 0 Å². The van der Waals surface area contributed by atoms with Gasteiger partial charge in [0.05, 0.1) is 11.1 Å². The average Bonchev–Trinajstić information content (AvgIpc) is 3.90. The maximum absolute atomic E-state index is 6.40. The quantitative estimate of drug-likeness (QED) is 0.181. The summed E-state index contributed by atoms with van der Waals surface area (Å²) in [5.41, 5.74) is 11.3. The summed E-state index contributed by atoms with van der Waals surface area (Å²) < 4.78 is 15.4. The highest BCUT2D eigenvalue weighted by molar-refractivity contribution is 7.25. The molecule has 0 saturated carbocycles. The third-order valence-electron chi connectivity index (χ3n) is 10.3. The van der Waals surface area contributed by atoms with Crippen LogP contribution in [0, 0.1) is 0 Å². The first-order valence-corrected chi connectivity index (χ1v) is 18.3. The summed E-state index contributed by atoms with van der Waals surface area (Å²) in [4.78, 5) is 2.34. The van der Waals surface area contributed by atoms with Gasteiger partial charge in [0.1, 0.15) is 22.3 Å². The highest BCUT2D eigenvalue weighted by Crippen LogP contribution is 2.44. The van der Waals surface area contributed by atoms with E-state index in [-0.39, 0.29) is 0 Å². The summed E-state index contributed by atoms with van der Waals surface area (Å²) >= 11 is 1.85. The van der Waals surface area contributed by atoms with Crippen molar-refractivity contribution in [2.75, 3.05) is 4.90 Å². The monoisotopic (exact) mass is 683 g/mol. The van der Waals surface area contributed by atoms with Crippen molar-refractivity contribution in [2.45, 2.75) is 0 Å². The Morgan fingerprint density at radius 3 is 1.79 bits per heavy atom. The molecule has 52 heavy (non-hydrogen) atoms.